The molecule has 1 aliphatic heterocycles. The van der Waals surface area contributed by atoms with Gasteiger partial charge in [-0.05, 0) is 0 Å². The molecule has 1 heterocycles. The van der Waals surface area contributed by atoms with E-state index in [4.69, 9.17) is 10.4 Å². The van der Waals surface area contributed by atoms with Crippen LogP contribution in [0.2, 0.25) is 157 Å². The third kappa shape index (κ3) is 12.9. The maximum absolute atomic E-state index is 5.54. The molecular weight excluding hydrogens is 930 g/mol. The zero-order chi connectivity index (χ0) is 48.0. The van der Waals surface area contributed by atoms with Crippen LogP contribution in [0.5, 0.6) is 0 Å². The minimum atomic E-state index is -1.71. The molecule has 0 atom stereocenters. The van der Waals surface area contributed by atoms with Gasteiger partial charge in [0, 0.05) is 0 Å². The molecule has 2 aromatic rings. The van der Waals surface area contributed by atoms with Crippen molar-refractivity contribution in [1.29, 1.82) is 0 Å². The van der Waals surface area contributed by atoms with E-state index in [9.17, 15) is 0 Å². The van der Waals surface area contributed by atoms with Gasteiger partial charge in [0.2, 0.25) is 0 Å². The molecule has 0 aromatic heterocycles. The molecule has 0 aliphatic carbocycles. The third-order valence-electron chi connectivity index (χ3n) is 13.1. The van der Waals surface area contributed by atoms with Crippen LogP contribution < -0.4 is 7.93 Å². The van der Waals surface area contributed by atoms with Crippen LogP contribution in [-0.4, -0.2) is 80.5 Å². The first-order valence-electron chi connectivity index (χ1n) is 23.8. The molecule has 0 fully saturated rings. The third-order valence-corrected chi connectivity index (χ3v) is 52.3. The van der Waals surface area contributed by atoms with Crippen LogP contribution in [0, 0.1) is 0 Å². The fourth-order valence-corrected chi connectivity index (χ4v) is 65.9. The SMILES string of the molecule is CC(C)(C)c1cc(C([Si](C)(C)C)[Si](C)(C)C)c([N]2N=N[N](c3c(C([Si](C)(C)C)[Si](C)(C)C)cc(C(C)(C)C)cc3C([Si](C)(C)C)[Si](C)(C)C)[Ge]2)c(C([Si](C)(C)C)[Si](C)(C)C)c1. The molecule has 346 valence electrons. The van der Waals surface area contributed by atoms with Gasteiger partial charge in [0.25, 0.3) is 0 Å². The maximum atomic E-state index is 5.54. The van der Waals surface area contributed by atoms with Crippen molar-refractivity contribution in [1.82, 2.24) is 0 Å². The van der Waals surface area contributed by atoms with Crippen molar-refractivity contribution < 1.29 is 0 Å². The summed E-state index contributed by atoms with van der Waals surface area (Å²) in [7, 11) is -13.7. The van der Waals surface area contributed by atoms with E-state index in [1.807, 2.05) is 0 Å². The zero-order valence-corrected chi connectivity index (χ0v) is 56.0. The van der Waals surface area contributed by atoms with Crippen molar-refractivity contribution in [3.63, 3.8) is 0 Å². The summed E-state index contributed by atoms with van der Waals surface area (Å²) in [6, 6.07) is 10.8. The normalized spacial score (nSPS) is 16.1. The van der Waals surface area contributed by atoms with Gasteiger partial charge in [-0.1, -0.05) is 0 Å². The van der Waals surface area contributed by atoms with Crippen molar-refractivity contribution in [2.45, 2.75) is 230 Å². The van der Waals surface area contributed by atoms with Crippen LogP contribution in [0.4, 0.5) is 11.4 Å². The second-order valence-corrected chi connectivity index (χ2v) is 77.1. The molecule has 0 spiro atoms. The van der Waals surface area contributed by atoms with E-state index >= 15 is 0 Å². The summed E-state index contributed by atoms with van der Waals surface area (Å²) in [5.74, 6) is 0. The topological polar surface area (TPSA) is 31.2 Å². The van der Waals surface area contributed by atoms with Gasteiger partial charge in [0.05, 0.1) is 0 Å². The Hall–Kier alpha value is -0.0821. The summed E-state index contributed by atoms with van der Waals surface area (Å²) >= 11 is -1.04. The Morgan fingerprint density at radius 1 is 0.344 bits per heavy atom. The summed E-state index contributed by atoms with van der Waals surface area (Å²) in [5.41, 5.74) is 12.6. The number of hydrogen-bond donors (Lipinski definition) is 0. The Kier molecular flexibility index (Phi) is 15.9. The van der Waals surface area contributed by atoms with Crippen molar-refractivity contribution in [2.24, 2.45) is 10.4 Å². The summed E-state index contributed by atoms with van der Waals surface area (Å²) in [6.07, 6.45) is 0. The van der Waals surface area contributed by atoms with Crippen molar-refractivity contribution in [3.05, 3.63) is 57.6 Å². The Labute approximate surface area is 395 Å². The first-order chi connectivity index (χ1) is 26.6. The van der Waals surface area contributed by atoms with Crippen LogP contribution >= 0.6 is 0 Å². The molecule has 0 bridgehead atoms. The molecule has 1 aliphatic rings. The molecule has 0 amide bonds. The van der Waals surface area contributed by atoms with Gasteiger partial charge >= 0.3 is 398 Å². The van der Waals surface area contributed by atoms with E-state index in [0.29, 0.717) is 20.7 Å². The summed E-state index contributed by atoms with van der Waals surface area (Å²) < 4.78 is 5.16. The monoisotopic (exact) mass is 1030 g/mol. The van der Waals surface area contributed by atoms with E-state index < -0.39 is 80.5 Å². The first kappa shape index (κ1) is 55.2. The molecular formula is C48H98GeN4Si8. The van der Waals surface area contributed by atoms with Crippen LogP contribution in [0.25, 0.3) is 0 Å². The molecule has 2 aromatic carbocycles. The Morgan fingerprint density at radius 3 is 0.639 bits per heavy atom. The Balaban J connectivity index is 2.73. The average Bonchev–Trinajstić information content (AvgIpc) is 3.39. The number of hydrogen-bond acceptors (Lipinski definition) is 4. The number of rotatable bonds is 14. The molecule has 4 nitrogen and oxygen atoms in total. The van der Waals surface area contributed by atoms with Crippen LogP contribution in [0.1, 0.15) is 95.6 Å². The van der Waals surface area contributed by atoms with Gasteiger partial charge < -0.3 is 0 Å². The van der Waals surface area contributed by atoms with Crippen LogP contribution in [-0.2, 0) is 10.8 Å². The van der Waals surface area contributed by atoms with Gasteiger partial charge in [0.1, 0.15) is 0 Å². The number of anilines is 2. The minimum absolute atomic E-state index is 0.0493. The van der Waals surface area contributed by atoms with E-state index in [-0.39, 0.29) is 10.8 Å². The zero-order valence-electron chi connectivity index (χ0n) is 45.9. The second kappa shape index (κ2) is 17.5. The first-order valence-corrected chi connectivity index (χ1v) is 54.3. The summed E-state index contributed by atoms with van der Waals surface area (Å²) in [4.78, 5) is 0. The summed E-state index contributed by atoms with van der Waals surface area (Å²) in [6.45, 7) is 78.4. The fourth-order valence-electron chi connectivity index (χ4n) is 12.9. The Bertz CT molecular complexity index is 1610. The van der Waals surface area contributed by atoms with E-state index in [1.54, 1.807) is 22.3 Å². The number of benzene rings is 2. The predicted molar refractivity (Wildman–Crippen MR) is 304 cm³/mol. The second-order valence-electron chi connectivity index (χ2n) is 30.1. The number of nitrogens with zero attached hydrogens (tertiary/aromatic N) is 4. The van der Waals surface area contributed by atoms with Crippen molar-refractivity contribution >= 4 is 91.8 Å². The molecule has 61 heavy (non-hydrogen) atoms. The molecule has 0 N–H and O–H groups in total. The van der Waals surface area contributed by atoms with Crippen LogP contribution in [0.15, 0.2) is 34.7 Å². The van der Waals surface area contributed by atoms with E-state index in [0.717, 1.165) is 0 Å². The van der Waals surface area contributed by atoms with Crippen LogP contribution in [0.3, 0.4) is 0 Å². The fraction of sp³-hybridized carbons (Fsp3) is 0.750. The predicted octanol–water partition coefficient (Wildman–Crippen LogP) is 16.8. The molecule has 13 heteroatoms. The quantitative estimate of drug-likeness (QED) is 0.177. The van der Waals surface area contributed by atoms with Gasteiger partial charge in [0.15, 0.2) is 0 Å². The van der Waals surface area contributed by atoms with Crippen molar-refractivity contribution in [3.8, 4) is 0 Å². The molecule has 3 rings (SSSR count). The Morgan fingerprint density at radius 2 is 0.508 bits per heavy atom. The molecule has 0 unspecified atom stereocenters. The van der Waals surface area contributed by atoms with Crippen molar-refractivity contribution in [2.75, 3.05) is 7.93 Å². The average molecular weight is 1030 g/mol. The van der Waals surface area contributed by atoms with Gasteiger partial charge in [-0.3, -0.25) is 0 Å². The standard InChI is InChI=1S/C48H98GeN4Si8/c1-47(2,3)35-31-37(43(54(7,8)9)55(10,11)12)41(38(32-35)44(56(13,14)15)57(16,17)18)52-49-53(51-50-52)42-39(45(58(19,20)21)59(22,23)24)33-36(48(4,5)6)34-40(42)46(60(25,26)27)61(28,29)30/h31-34,43-46H,1-30H3. The van der Waals surface area contributed by atoms with E-state index in [2.05, 4.69) is 231 Å². The van der Waals surface area contributed by atoms with Gasteiger partial charge in [-0.2, -0.15) is 0 Å². The summed E-state index contributed by atoms with van der Waals surface area (Å²) in [5, 5.41) is 13.5. The molecule has 2 radical (unpaired) electrons. The van der Waals surface area contributed by atoms with Gasteiger partial charge in [-0.15, -0.1) is 0 Å². The molecule has 0 saturated heterocycles. The van der Waals surface area contributed by atoms with Gasteiger partial charge in [-0.25, -0.2) is 0 Å². The molecule has 0 saturated carbocycles. The van der Waals surface area contributed by atoms with E-state index in [1.165, 1.54) is 22.5 Å².